The van der Waals surface area contributed by atoms with E-state index in [1.54, 1.807) is 35.2 Å². The Morgan fingerprint density at radius 3 is 2.87 bits per heavy atom. The van der Waals surface area contributed by atoms with Crippen molar-refractivity contribution in [1.82, 2.24) is 14.7 Å². The van der Waals surface area contributed by atoms with Crippen LogP contribution < -0.4 is 0 Å². The van der Waals surface area contributed by atoms with Gasteiger partial charge in [0.25, 0.3) is 0 Å². The molecule has 1 atom stereocenters. The van der Waals surface area contributed by atoms with Crippen molar-refractivity contribution < 1.29 is 9.59 Å². The van der Waals surface area contributed by atoms with Gasteiger partial charge in [-0.05, 0) is 48.2 Å². The molecule has 126 valence electrons. The number of likely N-dealkylation sites (tertiary alicyclic amines) is 2. The topological polar surface area (TPSA) is 43.9 Å². The average molecular weight is 335 g/mol. The monoisotopic (exact) mass is 335 g/mol. The molecule has 0 N–H and O–H groups in total. The first-order chi connectivity index (χ1) is 11.0. The van der Waals surface area contributed by atoms with Gasteiger partial charge in [-0.1, -0.05) is 0 Å². The molecule has 2 aliphatic rings. The Morgan fingerprint density at radius 1 is 1.35 bits per heavy atom. The number of rotatable bonds is 4. The number of carbonyl (C=O) groups is 2. The number of nitrogens with zero attached hydrogens (tertiary/aromatic N) is 3. The summed E-state index contributed by atoms with van der Waals surface area (Å²) >= 11 is 1.72. The summed E-state index contributed by atoms with van der Waals surface area (Å²) in [4.78, 5) is 30.6. The van der Waals surface area contributed by atoms with Crippen LogP contribution in [0.4, 0.5) is 0 Å². The summed E-state index contributed by atoms with van der Waals surface area (Å²) in [6.45, 7) is 3.74. The molecule has 2 fully saturated rings. The van der Waals surface area contributed by atoms with Crippen LogP contribution in [0.2, 0.25) is 0 Å². The lowest BCUT2D eigenvalue weighted by atomic mass is 9.78. The summed E-state index contributed by atoms with van der Waals surface area (Å²) < 4.78 is 0. The Morgan fingerprint density at radius 2 is 2.17 bits per heavy atom. The van der Waals surface area contributed by atoms with E-state index in [0.717, 1.165) is 38.9 Å². The number of thiophene rings is 1. The fourth-order valence-corrected chi connectivity index (χ4v) is 4.39. The minimum absolute atomic E-state index is 0.00124. The van der Waals surface area contributed by atoms with Crippen molar-refractivity contribution in [3.8, 4) is 0 Å². The van der Waals surface area contributed by atoms with Crippen LogP contribution in [0.25, 0.3) is 0 Å². The quantitative estimate of drug-likeness (QED) is 0.840. The zero-order chi connectivity index (χ0) is 16.4. The molecule has 1 aromatic heterocycles. The van der Waals surface area contributed by atoms with E-state index in [4.69, 9.17) is 0 Å². The molecule has 0 aliphatic carbocycles. The molecule has 0 saturated carbocycles. The van der Waals surface area contributed by atoms with E-state index >= 15 is 0 Å². The van der Waals surface area contributed by atoms with E-state index in [9.17, 15) is 9.59 Å². The van der Waals surface area contributed by atoms with Crippen molar-refractivity contribution in [2.75, 3.05) is 40.3 Å². The summed E-state index contributed by atoms with van der Waals surface area (Å²) in [6.07, 6.45) is 2.90. The molecule has 2 amide bonds. The fourth-order valence-electron chi connectivity index (χ4n) is 3.73. The van der Waals surface area contributed by atoms with Crippen molar-refractivity contribution in [2.45, 2.75) is 25.8 Å². The zero-order valence-electron chi connectivity index (χ0n) is 14.0. The molecule has 1 spiro atoms. The Bertz CT molecular complexity index is 572. The molecule has 0 radical (unpaired) electrons. The lowest BCUT2D eigenvalue weighted by Crippen LogP contribution is -2.48. The van der Waals surface area contributed by atoms with Gasteiger partial charge in [0.1, 0.15) is 0 Å². The molecule has 6 heteroatoms. The first kappa shape index (κ1) is 16.5. The van der Waals surface area contributed by atoms with Crippen molar-refractivity contribution in [2.24, 2.45) is 5.41 Å². The molecule has 23 heavy (non-hydrogen) atoms. The Kier molecular flexibility index (Phi) is 4.73. The predicted molar refractivity (Wildman–Crippen MR) is 91.2 cm³/mol. The first-order valence-electron chi connectivity index (χ1n) is 8.23. The number of carbonyl (C=O) groups excluding carboxylic acids is 2. The maximum atomic E-state index is 12.9. The van der Waals surface area contributed by atoms with Gasteiger partial charge >= 0.3 is 0 Å². The minimum atomic E-state index is -0.263. The largest absolute Gasteiger partial charge is 0.347 e. The van der Waals surface area contributed by atoms with Crippen LogP contribution in [0.5, 0.6) is 0 Å². The summed E-state index contributed by atoms with van der Waals surface area (Å²) in [6, 6.07) is 2.16. The molecule has 0 bridgehead atoms. The molecule has 0 aromatic carbocycles. The standard InChI is InChI=1S/C17H25N3O2S/c1-18(2)15(21)11-20-8-6-17(16(20)22)5-3-7-19(13-17)10-14-4-9-23-12-14/h4,9,12H,3,5-8,10-11,13H2,1-2H3/t17-/m0/s1. The first-order valence-corrected chi connectivity index (χ1v) is 9.17. The molecule has 2 aliphatic heterocycles. The van der Waals surface area contributed by atoms with Crippen LogP contribution in [-0.2, 0) is 16.1 Å². The van der Waals surface area contributed by atoms with E-state index in [2.05, 4.69) is 21.7 Å². The summed E-state index contributed by atoms with van der Waals surface area (Å²) in [5, 5.41) is 4.28. The Balaban J connectivity index is 1.64. The normalized spacial score (nSPS) is 25.3. The van der Waals surface area contributed by atoms with Gasteiger partial charge in [0.2, 0.25) is 11.8 Å². The second kappa shape index (κ2) is 6.61. The van der Waals surface area contributed by atoms with E-state index in [-0.39, 0.29) is 23.8 Å². The lowest BCUT2D eigenvalue weighted by Gasteiger charge is -2.39. The second-order valence-corrected chi connectivity index (χ2v) is 7.77. The van der Waals surface area contributed by atoms with Gasteiger partial charge in [-0.3, -0.25) is 14.5 Å². The van der Waals surface area contributed by atoms with Crippen LogP contribution in [0.1, 0.15) is 24.8 Å². The van der Waals surface area contributed by atoms with E-state index < -0.39 is 0 Å². The lowest BCUT2D eigenvalue weighted by molar-refractivity contribution is -0.143. The van der Waals surface area contributed by atoms with Crippen LogP contribution in [0.15, 0.2) is 16.8 Å². The number of amides is 2. The highest BCUT2D eigenvalue weighted by Crippen LogP contribution is 2.40. The summed E-state index contributed by atoms with van der Waals surface area (Å²) in [5.74, 6) is 0.184. The summed E-state index contributed by atoms with van der Waals surface area (Å²) in [7, 11) is 3.48. The van der Waals surface area contributed by atoms with Crippen molar-refractivity contribution >= 4 is 23.2 Å². The molecular formula is C17H25N3O2S. The molecule has 2 saturated heterocycles. The van der Waals surface area contributed by atoms with Gasteiger partial charge in [-0.15, -0.1) is 0 Å². The number of piperidine rings is 1. The second-order valence-electron chi connectivity index (χ2n) is 6.99. The SMILES string of the molecule is CN(C)C(=O)CN1CC[C@]2(CCCN(Cc3ccsc3)C2)C1=O. The molecule has 3 heterocycles. The molecule has 3 rings (SSSR count). The van der Waals surface area contributed by atoms with Gasteiger partial charge in [0, 0.05) is 33.7 Å². The van der Waals surface area contributed by atoms with Gasteiger partial charge in [-0.2, -0.15) is 11.3 Å². The highest BCUT2D eigenvalue weighted by atomic mass is 32.1. The maximum absolute atomic E-state index is 12.9. The van der Waals surface area contributed by atoms with Gasteiger partial charge in [0.15, 0.2) is 0 Å². The van der Waals surface area contributed by atoms with Crippen molar-refractivity contribution in [3.63, 3.8) is 0 Å². The fraction of sp³-hybridized carbons (Fsp3) is 0.647. The number of likely N-dealkylation sites (N-methyl/N-ethyl adjacent to an activating group) is 1. The van der Waals surface area contributed by atoms with E-state index in [1.807, 2.05) is 0 Å². The minimum Gasteiger partial charge on any atom is -0.347 e. The highest BCUT2D eigenvalue weighted by Gasteiger charge is 2.49. The third-order valence-corrected chi connectivity index (χ3v) is 5.80. The number of hydrogen-bond donors (Lipinski definition) is 0. The maximum Gasteiger partial charge on any atom is 0.241 e. The highest BCUT2D eigenvalue weighted by molar-refractivity contribution is 7.07. The van der Waals surface area contributed by atoms with E-state index in [0.29, 0.717) is 6.54 Å². The Hall–Kier alpha value is -1.40. The zero-order valence-corrected chi connectivity index (χ0v) is 14.8. The average Bonchev–Trinajstić information content (AvgIpc) is 3.12. The third-order valence-electron chi connectivity index (χ3n) is 5.07. The molecular weight excluding hydrogens is 310 g/mol. The predicted octanol–water partition coefficient (Wildman–Crippen LogP) is 1.65. The molecule has 5 nitrogen and oxygen atoms in total. The van der Waals surface area contributed by atoms with Crippen LogP contribution in [0.3, 0.4) is 0 Å². The van der Waals surface area contributed by atoms with Crippen LogP contribution >= 0.6 is 11.3 Å². The van der Waals surface area contributed by atoms with Gasteiger partial charge in [-0.25, -0.2) is 0 Å². The van der Waals surface area contributed by atoms with Crippen molar-refractivity contribution in [1.29, 1.82) is 0 Å². The molecule has 1 aromatic rings. The van der Waals surface area contributed by atoms with Crippen molar-refractivity contribution in [3.05, 3.63) is 22.4 Å². The number of hydrogen-bond acceptors (Lipinski definition) is 4. The van der Waals surface area contributed by atoms with Gasteiger partial charge < -0.3 is 9.80 Å². The Labute approximate surface area is 141 Å². The van der Waals surface area contributed by atoms with Crippen LogP contribution in [-0.4, -0.2) is 66.8 Å². The smallest absolute Gasteiger partial charge is 0.241 e. The molecule has 0 unspecified atom stereocenters. The third kappa shape index (κ3) is 3.43. The van der Waals surface area contributed by atoms with Gasteiger partial charge in [0.05, 0.1) is 12.0 Å². The van der Waals surface area contributed by atoms with E-state index in [1.165, 1.54) is 5.56 Å². The summed E-state index contributed by atoms with van der Waals surface area (Å²) in [5.41, 5.74) is 1.07. The van der Waals surface area contributed by atoms with Crippen LogP contribution in [0, 0.1) is 5.41 Å².